The fourth-order valence-corrected chi connectivity index (χ4v) is 2.01. The van der Waals surface area contributed by atoms with E-state index < -0.39 is 4.92 Å². The summed E-state index contributed by atoms with van der Waals surface area (Å²) in [5.74, 6) is 0.831. The number of rotatable bonds is 9. The molecule has 1 N–H and O–H groups in total. The lowest BCUT2D eigenvalue weighted by atomic mass is 10.0. The number of nitro groups is 1. The molecule has 0 aliphatic rings. The number of nitro benzene ring substituents is 1. The summed E-state index contributed by atoms with van der Waals surface area (Å²) in [4.78, 5) is 22.1. The summed E-state index contributed by atoms with van der Waals surface area (Å²) in [6.45, 7) is 5.98. The van der Waals surface area contributed by atoms with Crippen LogP contribution in [-0.2, 0) is 4.79 Å². The molecule has 0 spiro atoms. The molecule has 128 valence electrons. The van der Waals surface area contributed by atoms with Crippen molar-refractivity contribution in [3.8, 4) is 11.5 Å². The molecule has 0 fully saturated rings. The number of benzene rings is 1. The molecular formula is C16H24N2O5. The van der Waals surface area contributed by atoms with Crippen LogP contribution in [0.5, 0.6) is 11.5 Å². The van der Waals surface area contributed by atoms with Crippen molar-refractivity contribution in [3.63, 3.8) is 0 Å². The molecule has 23 heavy (non-hydrogen) atoms. The van der Waals surface area contributed by atoms with Gasteiger partial charge in [-0.1, -0.05) is 13.8 Å². The van der Waals surface area contributed by atoms with E-state index in [2.05, 4.69) is 19.2 Å². The second-order valence-electron chi connectivity index (χ2n) is 5.82. The molecule has 1 aromatic carbocycles. The first-order chi connectivity index (χ1) is 10.8. The van der Waals surface area contributed by atoms with Crippen molar-refractivity contribution in [1.82, 2.24) is 5.32 Å². The van der Waals surface area contributed by atoms with E-state index in [1.807, 2.05) is 6.92 Å². The molecule has 0 saturated carbocycles. The third-order valence-corrected chi connectivity index (χ3v) is 3.30. The van der Waals surface area contributed by atoms with E-state index in [4.69, 9.17) is 9.47 Å². The number of carbonyl (C=O) groups is 1. The summed E-state index contributed by atoms with van der Waals surface area (Å²) in [6.07, 6.45) is 1.92. The van der Waals surface area contributed by atoms with Crippen LogP contribution in [0.4, 0.5) is 5.69 Å². The normalized spacial score (nSPS) is 11.9. The highest BCUT2D eigenvalue weighted by molar-refractivity contribution is 5.77. The van der Waals surface area contributed by atoms with Gasteiger partial charge in [0.1, 0.15) is 0 Å². The molecule has 0 aliphatic carbocycles. The number of hydrogen-bond acceptors (Lipinski definition) is 5. The van der Waals surface area contributed by atoms with Gasteiger partial charge in [0.15, 0.2) is 18.1 Å². The quantitative estimate of drug-likeness (QED) is 0.557. The predicted octanol–water partition coefficient (Wildman–Crippen LogP) is 2.92. The average Bonchev–Trinajstić information content (AvgIpc) is 2.50. The summed E-state index contributed by atoms with van der Waals surface area (Å²) in [6, 6.07) is 4.06. The number of hydrogen-bond donors (Lipinski definition) is 1. The third-order valence-electron chi connectivity index (χ3n) is 3.30. The molecule has 0 aromatic heterocycles. The Kier molecular flexibility index (Phi) is 7.31. The molecule has 1 aromatic rings. The lowest BCUT2D eigenvalue weighted by Gasteiger charge is -2.16. The first kappa shape index (κ1) is 18.7. The number of ether oxygens (including phenoxy) is 2. The van der Waals surface area contributed by atoms with Gasteiger partial charge >= 0.3 is 0 Å². The average molecular weight is 324 g/mol. The minimum Gasteiger partial charge on any atom is -0.493 e. The Hall–Kier alpha value is -2.31. The van der Waals surface area contributed by atoms with E-state index in [9.17, 15) is 14.9 Å². The second-order valence-corrected chi connectivity index (χ2v) is 5.82. The zero-order chi connectivity index (χ0) is 17.4. The van der Waals surface area contributed by atoms with Crippen LogP contribution in [0.1, 0.15) is 33.6 Å². The molecule has 0 aliphatic heterocycles. The van der Waals surface area contributed by atoms with Crippen LogP contribution in [-0.4, -0.2) is 30.6 Å². The Morgan fingerprint density at radius 3 is 2.52 bits per heavy atom. The van der Waals surface area contributed by atoms with Crippen molar-refractivity contribution in [2.75, 3.05) is 13.7 Å². The van der Waals surface area contributed by atoms with Crippen molar-refractivity contribution in [2.45, 2.75) is 39.7 Å². The van der Waals surface area contributed by atoms with Gasteiger partial charge in [0.2, 0.25) is 0 Å². The highest BCUT2D eigenvalue weighted by Gasteiger charge is 2.14. The molecule has 1 atom stereocenters. The summed E-state index contributed by atoms with van der Waals surface area (Å²) in [5, 5.41) is 13.6. The third kappa shape index (κ3) is 6.54. The first-order valence-corrected chi connectivity index (χ1v) is 7.58. The van der Waals surface area contributed by atoms with Gasteiger partial charge in [-0.2, -0.15) is 0 Å². The van der Waals surface area contributed by atoms with Crippen molar-refractivity contribution < 1.29 is 19.2 Å². The Bertz CT molecular complexity index is 545. The lowest BCUT2D eigenvalue weighted by Crippen LogP contribution is -2.36. The second kappa shape index (κ2) is 8.97. The number of carbonyl (C=O) groups excluding carboxylic acids is 1. The van der Waals surface area contributed by atoms with Gasteiger partial charge in [0.25, 0.3) is 11.6 Å². The van der Waals surface area contributed by atoms with E-state index >= 15 is 0 Å². The summed E-state index contributed by atoms with van der Waals surface area (Å²) >= 11 is 0. The maximum absolute atomic E-state index is 11.9. The number of methoxy groups -OCH3 is 1. The van der Waals surface area contributed by atoms with Crippen molar-refractivity contribution in [2.24, 2.45) is 5.92 Å². The zero-order valence-corrected chi connectivity index (χ0v) is 14.0. The predicted molar refractivity (Wildman–Crippen MR) is 86.8 cm³/mol. The number of nitrogens with one attached hydrogen (secondary N) is 1. The molecule has 0 radical (unpaired) electrons. The molecular weight excluding hydrogens is 300 g/mol. The topological polar surface area (TPSA) is 90.7 Å². The van der Waals surface area contributed by atoms with Crippen molar-refractivity contribution in [1.29, 1.82) is 0 Å². The van der Waals surface area contributed by atoms with Crippen LogP contribution >= 0.6 is 0 Å². The van der Waals surface area contributed by atoms with Crippen LogP contribution in [0.15, 0.2) is 18.2 Å². The van der Waals surface area contributed by atoms with Crippen LogP contribution in [0.3, 0.4) is 0 Å². The highest BCUT2D eigenvalue weighted by atomic mass is 16.6. The van der Waals surface area contributed by atoms with E-state index in [0.717, 1.165) is 12.8 Å². The summed E-state index contributed by atoms with van der Waals surface area (Å²) in [5.41, 5.74) is -0.119. The summed E-state index contributed by atoms with van der Waals surface area (Å²) in [7, 11) is 1.43. The van der Waals surface area contributed by atoms with Gasteiger partial charge in [-0.3, -0.25) is 14.9 Å². The van der Waals surface area contributed by atoms with E-state index in [0.29, 0.717) is 11.7 Å². The van der Waals surface area contributed by atoms with Crippen LogP contribution < -0.4 is 14.8 Å². The van der Waals surface area contributed by atoms with Gasteiger partial charge in [0, 0.05) is 12.1 Å². The van der Waals surface area contributed by atoms with Crippen molar-refractivity contribution in [3.05, 3.63) is 28.3 Å². The molecule has 0 heterocycles. The Balaban J connectivity index is 2.58. The maximum atomic E-state index is 11.9. The van der Waals surface area contributed by atoms with Gasteiger partial charge in [-0.05, 0) is 31.7 Å². The Morgan fingerprint density at radius 1 is 1.26 bits per heavy atom. The number of nitrogens with zero attached hydrogens (tertiary/aromatic N) is 1. The number of amides is 1. The molecule has 7 nitrogen and oxygen atoms in total. The van der Waals surface area contributed by atoms with Crippen LogP contribution in [0.25, 0.3) is 0 Å². The molecule has 7 heteroatoms. The standard InChI is InChI=1S/C16H24N2O5/c1-11(2)5-6-12(3)17-16(19)10-23-15-9-13(18(20)21)7-8-14(15)22-4/h7-9,11-12H,5-6,10H2,1-4H3,(H,17,19)/t12-/m0/s1. The van der Waals surface area contributed by atoms with Gasteiger partial charge < -0.3 is 14.8 Å². The smallest absolute Gasteiger partial charge is 0.273 e. The fourth-order valence-electron chi connectivity index (χ4n) is 2.01. The van der Waals surface area contributed by atoms with E-state index in [1.54, 1.807) is 0 Å². The fraction of sp³-hybridized carbons (Fsp3) is 0.562. The van der Waals surface area contributed by atoms with Crippen LogP contribution in [0.2, 0.25) is 0 Å². The minimum atomic E-state index is -0.527. The molecule has 1 amide bonds. The Morgan fingerprint density at radius 2 is 1.96 bits per heavy atom. The minimum absolute atomic E-state index is 0.0560. The first-order valence-electron chi connectivity index (χ1n) is 7.58. The molecule has 1 rings (SSSR count). The molecule has 0 saturated heterocycles. The molecule has 0 bridgehead atoms. The van der Waals surface area contributed by atoms with E-state index in [1.165, 1.54) is 25.3 Å². The highest BCUT2D eigenvalue weighted by Crippen LogP contribution is 2.30. The Labute approximate surface area is 136 Å². The van der Waals surface area contributed by atoms with Gasteiger partial charge in [-0.25, -0.2) is 0 Å². The van der Waals surface area contributed by atoms with Gasteiger partial charge in [0.05, 0.1) is 18.1 Å². The molecule has 0 unspecified atom stereocenters. The lowest BCUT2D eigenvalue weighted by molar-refractivity contribution is -0.385. The maximum Gasteiger partial charge on any atom is 0.273 e. The van der Waals surface area contributed by atoms with E-state index in [-0.39, 0.29) is 30.0 Å². The summed E-state index contributed by atoms with van der Waals surface area (Å²) < 4.78 is 10.4. The zero-order valence-electron chi connectivity index (χ0n) is 14.0. The number of non-ortho nitro benzene ring substituents is 1. The van der Waals surface area contributed by atoms with Crippen molar-refractivity contribution >= 4 is 11.6 Å². The largest absolute Gasteiger partial charge is 0.493 e. The SMILES string of the molecule is COc1ccc([N+](=O)[O-])cc1OCC(=O)N[C@@H](C)CCC(C)C. The van der Waals surface area contributed by atoms with Gasteiger partial charge in [-0.15, -0.1) is 0 Å². The monoisotopic (exact) mass is 324 g/mol. The van der Waals surface area contributed by atoms with Crippen LogP contribution in [0, 0.1) is 16.0 Å².